The normalized spacial score (nSPS) is 11.4. The molecule has 0 saturated carbocycles. The lowest BCUT2D eigenvalue weighted by molar-refractivity contribution is -0.735. The highest BCUT2D eigenvalue weighted by atomic mass is 19.2. The van der Waals surface area contributed by atoms with Crippen LogP contribution in [0.5, 0.6) is 0 Å². The molecule has 56 heavy (non-hydrogen) atoms. The van der Waals surface area contributed by atoms with E-state index in [-0.39, 0.29) is 0 Å². The largest absolute Gasteiger partial charge is 0.273 e. The molecule has 0 unspecified atom stereocenters. The fourth-order valence-corrected chi connectivity index (χ4v) is 6.54. The molecule has 0 fully saturated rings. The Morgan fingerprint density at radius 2 is 0.625 bits per heavy atom. The van der Waals surface area contributed by atoms with Gasteiger partial charge < -0.3 is 0 Å². The first-order valence-corrected chi connectivity index (χ1v) is 15.8. The molecular formula is C39H21BF15N. The number of para-hydroxylation sites is 2. The molecule has 1 N–H and O–H groups in total. The van der Waals surface area contributed by atoms with E-state index in [4.69, 9.17) is 0 Å². The number of hydrogen-bond donors (Lipinski definition) is 1. The first-order valence-electron chi connectivity index (χ1n) is 15.8. The van der Waals surface area contributed by atoms with Gasteiger partial charge in [-0.1, -0.05) is 78.9 Å². The maximum Gasteiger partial charge on any atom is 0.200 e. The van der Waals surface area contributed by atoms with Gasteiger partial charge in [-0.25, -0.2) is 65.9 Å². The van der Waals surface area contributed by atoms with Gasteiger partial charge in [-0.2, -0.15) is 5.46 Å². The second-order valence-corrected chi connectivity index (χ2v) is 12.0. The third kappa shape index (κ3) is 6.58. The molecule has 0 bridgehead atoms. The van der Waals surface area contributed by atoms with E-state index in [1.54, 1.807) is 0 Å². The summed E-state index contributed by atoms with van der Waals surface area (Å²) in [4.78, 5) is 1.33. The van der Waals surface area contributed by atoms with Crippen LogP contribution in [0.3, 0.4) is 0 Å². The lowest BCUT2D eigenvalue weighted by Gasteiger charge is -2.45. The van der Waals surface area contributed by atoms with E-state index in [9.17, 15) is 39.5 Å². The summed E-state index contributed by atoms with van der Waals surface area (Å²) in [6, 6.07) is 23.8. The number of nitrogens with one attached hydrogen (secondary N) is 1. The van der Waals surface area contributed by atoms with Gasteiger partial charge in [0.2, 0.25) is 0 Å². The second kappa shape index (κ2) is 16.0. The van der Waals surface area contributed by atoms with E-state index in [0.29, 0.717) is 12.1 Å². The van der Waals surface area contributed by atoms with Crippen molar-refractivity contribution in [2.24, 2.45) is 0 Å². The van der Waals surface area contributed by atoms with Gasteiger partial charge in [0, 0.05) is 0 Å². The van der Waals surface area contributed by atoms with Gasteiger partial charge in [0.05, 0.1) is 7.05 Å². The molecule has 0 aliphatic rings. The lowest BCUT2D eigenvalue weighted by Crippen LogP contribution is -2.98. The Kier molecular flexibility index (Phi) is 11.8. The summed E-state index contributed by atoms with van der Waals surface area (Å²) in [5.41, 5.74) is -7.75. The highest BCUT2D eigenvalue weighted by Crippen LogP contribution is 2.29. The molecule has 0 heterocycles. The Morgan fingerprint density at radius 3 is 0.911 bits per heavy atom. The van der Waals surface area contributed by atoms with Crippen molar-refractivity contribution in [1.29, 1.82) is 0 Å². The van der Waals surface area contributed by atoms with E-state index < -0.39 is 121 Å². The molecule has 0 aliphatic carbocycles. The maximum absolute atomic E-state index is 15.5. The van der Waals surface area contributed by atoms with Crippen LogP contribution >= 0.6 is 0 Å². The van der Waals surface area contributed by atoms with E-state index in [1.807, 2.05) is 12.1 Å². The van der Waals surface area contributed by atoms with Gasteiger partial charge in [-0.3, -0.25) is 4.90 Å². The third-order valence-corrected chi connectivity index (χ3v) is 9.13. The summed E-state index contributed by atoms with van der Waals surface area (Å²) in [7, 11) is 2.16. The Bertz CT molecular complexity index is 2180. The highest BCUT2D eigenvalue weighted by Gasteiger charge is 2.49. The molecule has 6 aromatic carbocycles. The fourth-order valence-electron chi connectivity index (χ4n) is 6.54. The summed E-state index contributed by atoms with van der Waals surface area (Å²) < 4.78 is 223. The van der Waals surface area contributed by atoms with Crippen LogP contribution in [-0.2, 0) is 0 Å². The van der Waals surface area contributed by atoms with Gasteiger partial charge in [-0.15, -0.1) is 16.4 Å². The zero-order valence-electron chi connectivity index (χ0n) is 28.1. The summed E-state index contributed by atoms with van der Waals surface area (Å²) >= 11 is 0. The van der Waals surface area contributed by atoms with Crippen molar-refractivity contribution in [3.8, 4) is 0 Å². The predicted octanol–water partition coefficient (Wildman–Crippen LogP) is 7.96. The minimum atomic E-state index is -5.82. The van der Waals surface area contributed by atoms with Crippen molar-refractivity contribution < 1.29 is 70.8 Å². The van der Waals surface area contributed by atoms with Crippen molar-refractivity contribution in [3.05, 3.63) is 184 Å². The molecule has 0 aliphatic heterocycles. The summed E-state index contributed by atoms with van der Waals surface area (Å²) in [6.07, 6.45) is -5.26. The van der Waals surface area contributed by atoms with Crippen molar-refractivity contribution in [1.82, 2.24) is 0 Å². The number of halogens is 15. The van der Waals surface area contributed by atoms with E-state index in [1.165, 1.54) is 16.3 Å². The Labute approximate surface area is 307 Å². The number of rotatable bonds is 7. The van der Waals surface area contributed by atoms with Crippen LogP contribution in [0.2, 0.25) is 0 Å². The monoisotopic (exact) mass is 799 g/mol. The zero-order chi connectivity index (χ0) is 41.4. The van der Waals surface area contributed by atoms with E-state index >= 15 is 26.3 Å². The van der Waals surface area contributed by atoms with Crippen molar-refractivity contribution in [3.63, 3.8) is 0 Å². The Hall–Kier alpha value is -5.97. The van der Waals surface area contributed by atoms with Crippen molar-refractivity contribution in [2.45, 2.75) is 0 Å². The lowest BCUT2D eigenvalue weighted by atomic mass is 9.12. The van der Waals surface area contributed by atoms with Gasteiger partial charge >= 0.3 is 0 Å². The molecule has 6 aromatic rings. The molecule has 290 valence electrons. The second-order valence-electron chi connectivity index (χ2n) is 12.0. The maximum atomic E-state index is 15.5. The van der Waals surface area contributed by atoms with Crippen LogP contribution in [0.1, 0.15) is 5.56 Å². The minimum Gasteiger partial charge on any atom is -0.273 e. The predicted molar refractivity (Wildman–Crippen MR) is 179 cm³/mol. The van der Waals surface area contributed by atoms with E-state index in [0.717, 1.165) is 18.2 Å². The fraction of sp³-hybridized carbons (Fsp3) is 0.0256. The van der Waals surface area contributed by atoms with Gasteiger partial charge in [0.25, 0.3) is 0 Å². The molecule has 17 heteroatoms. The van der Waals surface area contributed by atoms with Crippen LogP contribution < -0.4 is 26.8 Å². The average Bonchev–Trinajstić information content (AvgIpc) is 3.22. The Morgan fingerprint density at radius 1 is 0.375 bits per heavy atom. The molecule has 0 radical (unpaired) electrons. The molecule has 6 rings (SSSR count). The topological polar surface area (TPSA) is 4.44 Å². The highest BCUT2D eigenvalue weighted by molar-refractivity contribution is 7.20. The van der Waals surface area contributed by atoms with Gasteiger partial charge in [-0.05, 0) is 24.3 Å². The van der Waals surface area contributed by atoms with Crippen molar-refractivity contribution in [2.75, 3.05) is 7.05 Å². The minimum absolute atomic E-state index is 0.394. The molecule has 0 saturated heterocycles. The average molecular weight is 799 g/mol. The summed E-state index contributed by atoms with van der Waals surface area (Å²) in [5.74, 6) is -45.8. The Balaban J connectivity index is 0.000000357. The van der Waals surface area contributed by atoms with Crippen LogP contribution in [0, 0.1) is 87.3 Å². The van der Waals surface area contributed by atoms with Crippen molar-refractivity contribution >= 4 is 45.4 Å². The van der Waals surface area contributed by atoms with Crippen LogP contribution in [-0.4, -0.2) is 13.2 Å². The quantitative estimate of drug-likeness (QED) is 0.0725. The smallest absolute Gasteiger partial charge is 0.200 e. The molecular weight excluding hydrogens is 778 g/mol. The first-order chi connectivity index (χ1) is 26.5. The standard InChI is InChI=1S/C26H7BF15.C13H13N/c1-2-7-5-3-4-6-8(7)27(9-12(28)18(34)24(40)19(35)13(9)29,10-14(30)20(36)25(41)21(37)15(10)31)11-16(32)22(38)26(42)23(39)17(11)33;1-14(12-8-4-2-5-9-12)13-10-6-3-7-11-13/h2-6H,1H2;2-11H,1H3/q-1;/p+1. The summed E-state index contributed by atoms with van der Waals surface area (Å²) in [6.45, 7) is 3.19. The number of benzene rings is 6. The van der Waals surface area contributed by atoms with Gasteiger partial charge in [0.15, 0.2) is 52.4 Å². The SMILES string of the molecule is C=Cc1ccccc1[B-](c1c(F)c(F)c(F)c(F)c1F)(c1c(F)c(F)c(F)c(F)c1F)c1c(F)c(F)c(F)c(F)c1F.C[NH+](c1ccccc1)c1ccccc1. The van der Waals surface area contributed by atoms with Crippen LogP contribution in [0.4, 0.5) is 77.2 Å². The summed E-state index contributed by atoms with van der Waals surface area (Å²) in [5, 5.41) is 0. The first kappa shape index (κ1) is 41.2. The van der Waals surface area contributed by atoms with Crippen LogP contribution in [0.25, 0.3) is 6.08 Å². The number of quaternary nitrogens is 1. The third-order valence-electron chi connectivity index (χ3n) is 9.13. The molecule has 1 nitrogen and oxygen atoms in total. The van der Waals surface area contributed by atoms with Crippen LogP contribution in [0.15, 0.2) is 91.5 Å². The molecule has 0 atom stereocenters. The zero-order valence-corrected chi connectivity index (χ0v) is 28.1. The van der Waals surface area contributed by atoms with E-state index in [2.05, 4.69) is 62.2 Å². The molecule has 0 aromatic heterocycles. The number of hydrogen-bond acceptors (Lipinski definition) is 0. The molecule has 0 spiro atoms. The van der Waals surface area contributed by atoms with Gasteiger partial charge in [0.1, 0.15) is 52.4 Å². The molecule has 0 amide bonds.